The third kappa shape index (κ3) is 2.53. The molecule has 8 heteroatoms. The lowest BCUT2D eigenvalue weighted by Crippen LogP contribution is -2.50. The summed E-state index contributed by atoms with van der Waals surface area (Å²) in [6.45, 7) is 1.60. The van der Waals surface area contributed by atoms with E-state index in [9.17, 15) is 19.5 Å². The molecule has 5 atom stereocenters. The van der Waals surface area contributed by atoms with Gasteiger partial charge in [-0.3, -0.25) is 19.8 Å². The maximum Gasteiger partial charge on any atom is 0.322 e. The Morgan fingerprint density at radius 3 is 2.38 bits per heavy atom. The Morgan fingerprint density at radius 2 is 1.85 bits per heavy atom. The van der Waals surface area contributed by atoms with Crippen molar-refractivity contribution in [1.82, 2.24) is 15.2 Å². The second-order valence-corrected chi connectivity index (χ2v) is 7.03. The van der Waals surface area contributed by atoms with Crippen LogP contribution in [-0.4, -0.2) is 39.0 Å². The Bertz CT molecular complexity index is 776. The lowest BCUT2D eigenvalue weighted by Gasteiger charge is -2.38. The largest absolute Gasteiger partial charge is 0.504 e. The first kappa shape index (κ1) is 16.6. The highest BCUT2D eigenvalue weighted by atomic mass is 16.3. The maximum atomic E-state index is 12.8. The second-order valence-electron chi connectivity index (χ2n) is 7.03. The molecule has 3 N–H and O–H groups in total. The molecule has 26 heavy (non-hydrogen) atoms. The van der Waals surface area contributed by atoms with E-state index in [4.69, 9.17) is 0 Å². The van der Waals surface area contributed by atoms with Gasteiger partial charge in [-0.1, -0.05) is 12.2 Å². The number of imide groups is 1. The van der Waals surface area contributed by atoms with Gasteiger partial charge in [-0.25, -0.2) is 9.78 Å². The fourth-order valence-corrected chi connectivity index (χ4v) is 4.37. The predicted molar refractivity (Wildman–Crippen MR) is 91.7 cm³/mol. The van der Waals surface area contributed by atoms with Crippen LogP contribution in [0.1, 0.15) is 19.8 Å². The van der Waals surface area contributed by atoms with Crippen molar-refractivity contribution in [3.63, 3.8) is 0 Å². The Labute approximate surface area is 150 Å². The number of hydrogen-bond donors (Lipinski definition) is 3. The van der Waals surface area contributed by atoms with Gasteiger partial charge >= 0.3 is 6.03 Å². The van der Waals surface area contributed by atoms with Crippen molar-refractivity contribution < 1.29 is 19.5 Å². The summed E-state index contributed by atoms with van der Waals surface area (Å²) in [5.41, 5.74) is 0. The average molecular weight is 356 g/mol. The highest BCUT2D eigenvalue weighted by Crippen LogP contribution is 2.49. The van der Waals surface area contributed by atoms with Crippen molar-refractivity contribution in [2.45, 2.75) is 25.9 Å². The molecule has 4 aliphatic rings. The molecule has 2 bridgehead atoms. The minimum atomic E-state index is -0.786. The highest BCUT2D eigenvalue weighted by molar-refractivity contribution is 6.06. The van der Waals surface area contributed by atoms with Crippen LogP contribution in [0.5, 0.6) is 5.75 Å². The number of amides is 4. The summed E-state index contributed by atoms with van der Waals surface area (Å²) in [5.74, 6) is -0.989. The molecule has 0 aromatic carbocycles. The SMILES string of the molecule is C[C@H](NC(=O)Nc1ncccc1O)N1C(=O)[C@@H]2[C@H](C1=O)[C@H]1C=C[C@H]2CC1. The summed E-state index contributed by atoms with van der Waals surface area (Å²) in [5, 5.41) is 14.7. The molecule has 2 heterocycles. The highest BCUT2D eigenvalue weighted by Gasteiger charge is 2.57. The van der Waals surface area contributed by atoms with E-state index >= 15 is 0 Å². The number of fused-ring (bicyclic) bond motifs is 1. The average Bonchev–Trinajstić information content (AvgIpc) is 2.91. The van der Waals surface area contributed by atoms with Gasteiger partial charge in [-0.15, -0.1) is 0 Å². The molecule has 1 aromatic rings. The molecule has 8 nitrogen and oxygen atoms in total. The summed E-state index contributed by atoms with van der Waals surface area (Å²) in [4.78, 5) is 42.8. The van der Waals surface area contributed by atoms with Crippen molar-refractivity contribution in [1.29, 1.82) is 0 Å². The van der Waals surface area contributed by atoms with Crippen molar-refractivity contribution in [3.8, 4) is 5.75 Å². The van der Waals surface area contributed by atoms with E-state index in [1.807, 2.05) is 0 Å². The van der Waals surface area contributed by atoms with Gasteiger partial charge in [0.15, 0.2) is 11.6 Å². The molecule has 0 radical (unpaired) electrons. The predicted octanol–water partition coefficient (Wildman–Crippen LogP) is 1.45. The smallest absolute Gasteiger partial charge is 0.322 e. The summed E-state index contributed by atoms with van der Waals surface area (Å²) in [6.07, 6.45) is 6.61. The number of anilines is 1. The van der Waals surface area contributed by atoms with Crippen LogP contribution in [0.15, 0.2) is 30.5 Å². The topological polar surface area (TPSA) is 112 Å². The molecule has 5 rings (SSSR count). The van der Waals surface area contributed by atoms with E-state index in [0.29, 0.717) is 0 Å². The number of urea groups is 1. The Kier molecular flexibility index (Phi) is 3.90. The summed E-state index contributed by atoms with van der Waals surface area (Å²) < 4.78 is 0. The first-order valence-corrected chi connectivity index (χ1v) is 8.74. The number of aromatic hydroxyl groups is 1. The Hall–Kier alpha value is -2.90. The van der Waals surface area contributed by atoms with E-state index in [1.54, 1.807) is 6.92 Å². The Balaban J connectivity index is 1.46. The van der Waals surface area contributed by atoms with Crippen LogP contribution in [0.3, 0.4) is 0 Å². The number of carbonyl (C=O) groups is 3. The zero-order valence-corrected chi connectivity index (χ0v) is 14.3. The van der Waals surface area contributed by atoms with E-state index in [0.717, 1.165) is 12.8 Å². The fourth-order valence-electron chi connectivity index (χ4n) is 4.37. The third-order valence-corrected chi connectivity index (χ3v) is 5.54. The minimum Gasteiger partial charge on any atom is -0.504 e. The quantitative estimate of drug-likeness (QED) is 0.561. The van der Waals surface area contributed by atoms with E-state index < -0.39 is 12.2 Å². The number of carbonyl (C=O) groups excluding carboxylic acids is 3. The first-order chi connectivity index (χ1) is 12.5. The number of hydrogen-bond acceptors (Lipinski definition) is 5. The molecule has 136 valence electrons. The number of allylic oxidation sites excluding steroid dienone is 2. The third-order valence-electron chi connectivity index (χ3n) is 5.54. The van der Waals surface area contributed by atoms with Crippen LogP contribution in [0.4, 0.5) is 10.6 Å². The molecule has 0 spiro atoms. The van der Waals surface area contributed by atoms with Crippen molar-refractivity contribution in [3.05, 3.63) is 30.5 Å². The van der Waals surface area contributed by atoms with Crippen LogP contribution < -0.4 is 10.6 Å². The monoisotopic (exact) mass is 356 g/mol. The van der Waals surface area contributed by atoms with Gasteiger partial charge in [0.25, 0.3) is 0 Å². The number of pyridine rings is 1. The van der Waals surface area contributed by atoms with Gasteiger partial charge in [-0.2, -0.15) is 0 Å². The van der Waals surface area contributed by atoms with Gasteiger partial charge in [0.05, 0.1) is 11.8 Å². The molecule has 1 saturated carbocycles. The number of aromatic nitrogens is 1. The van der Waals surface area contributed by atoms with Crippen molar-refractivity contribution in [2.75, 3.05) is 5.32 Å². The molecule has 4 amide bonds. The molecule has 2 fully saturated rings. The summed E-state index contributed by atoms with van der Waals surface area (Å²) >= 11 is 0. The molecule has 1 aromatic heterocycles. The van der Waals surface area contributed by atoms with E-state index in [1.165, 1.54) is 23.2 Å². The zero-order valence-electron chi connectivity index (χ0n) is 14.3. The van der Waals surface area contributed by atoms with Gasteiger partial charge in [0, 0.05) is 6.20 Å². The lowest BCUT2D eigenvalue weighted by molar-refractivity contribution is -0.142. The molecule has 0 unspecified atom stereocenters. The van der Waals surface area contributed by atoms with E-state index in [2.05, 4.69) is 27.8 Å². The van der Waals surface area contributed by atoms with Gasteiger partial charge in [-0.05, 0) is 43.7 Å². The van der Waals surface area contributed by atoms with Crippen molar-refractivity contribution >= 4 is 23.7 Å². The molecule has 1 aliphatic heterocycles. The van der Waals surface area contributed by atoms with Crippen LogP contribution in [0.25, 0.3) is 0 Å². The van der Waals surface area contributed by atoms with Crippen molar-refractivity contribution in [2.24, 2.45) is 23.7 Å². The van der Waals surface area contributed by atoms with Crippen LogP contribution in [-0.2, 0) is 9.59 Å². The molecule has 1 saturated heterocycles. The molecular weight excluding hydrogens is 336 g/mol. The number of rotatable bonds is 3. The number of nitrogens with one attached hydrogen (secondary N) is 2. The van der Waals surface area contributed by atoms with Gasteiger partial charge < -0.3 is 10.4 Å². The molecule has 3 aliphatic carbocycles. The van der Waals surface area contributed by atoms with E-state index in [-0.39, 0.29) is 47.1 Å². The molecular formula is C18H20N4O4. The minimum absolute atomic E-state index is 0.00666. The standard InChI is InChI=1S/C18H20N4O4/c1-9(20-18(26)21-15-12(23)3-2-8-19-15)22-16(24)13-10-4-5-11(7-6-10)14(13)17(22)25/h2-5,8-11,13-14,23H,6-7H2,1H3,(H2,19,20,21,26)/t9-,10+,11+,13-,14+/m1/s1. The number of nitrogens with zero attached hydrogens (tertiary/aromatic N) is 2. The number of likely N-dealkylation sites (tertiary alicyclic amines) is 1. The van der Waals surface area contributed by atoms with Crippen LogP contribution >= 0.6 is 0 Å². The maximum absolute atomic E-state index is 12.8. The first-order valence-electron chi connectivity index (χ1n) is 8.74. The van der Waals surface area contributed by atoms with Crippen LogP contribution in [0.2, 0.25) is 0 Å². The van der Waals surface area contributed by atoms with Gasteiger partial charge in [0.1, 0.15) is 6.17 Å². The zero-order chi connectivity index (χ0) is 18.4. The van der Waals surface area contributed by atoms with Crippen LogP contribution in [0, 0.1) is 23.7 Å². The lowest BCUT2D eigenvalue weighted by atomic mass is 9.63. The normalized spacial score (nSPS) is 30.3. The van der Waals surface area contributed by atoms with Gasteiger partial charge in [0.2, 0.25) is 11.8 Å². The summed E-state index contributed by atoms with van der Waals surface area (Å²) in [6, 6.07) is 2.28. The second kappa shape index (κ2) is 6.12. The Morgan fingerprint density at radius 1 is 1.23 bits per heavy atom. The fraction of sp³-hybridized carbons (Fsp3) is 0.444. The summed E-state index contributed by atoms with van der Waals surface area (Å²) in [7, 11) is 0.